The van der Waals surface area contributed by atoms with Crippen molar-refractivity contribution in [2.75, 3.05) is 26.8 Å². The molecular weight excluding hydrogens is 456 g/mol. The number of fused-ring (bicyclic) bond motifs is 1. The van der Waals surface area contributed by atoms with Crippen LogP contribution in [0.25, 0.3) is 10.9 Å². The third-order valence-electron chi connectivity index (χ3n) is 8.55. The lowest BCUT2D eigenvalue weighted by Crippen LogP contribution is -2.47. The van der Waals surface area contributed by atoms with Gasteiger partial charge < -0.3 is 14.5 Å². The predicted molar refractivity (Wildman–Crippen MR) is 136 cm³/mol. The van der Waals surface area contributed by atoms with E-state index in [1.807, 2.05) is 28.9 Å². The van der Waals surface area contributed by atoms with Crippen LogP contribution in [0.2, 0.25) is 0 Å². The lowest BCUT2D eigenvalue weighted by atomic mass is 9.69. The number of tetrazole rings is 1. The van der Waals surface area contributed by atoms with Gasteiger partial charge in [-0.05, 0) is 84.5 Å². The molecule has 2 aliphatic heterocycles. The molecule has 0 bridgehead atoms. The molecule has 3 aromatic rings. The first kappa shape index (κ1) is 23.6. The summed E-state index contributed by atoms with van der Waals surface area (Å²) in [5.41, 5.74) is 1.70. The lowest BCUT2D eigenvalue weighted by Gasteiger charge is -2.47. The van der Waals surface area contributed by atoms with Gasteiger partial charge in [0.2, 0.25) is 0 Å². The van der Waals surface area contributed by atoms with E-state index >= 15 is 0 Å². The van der Waals surface area contributed by atoms with E-state index in [1.165, 1.54) is 38.5 Å². The first-order chi connectivity index (χ1) is 17.6. The van der Waals surface area contributed by atoms with Crippen LogP contribution in [-0.4, -0.2) is 63.0 Å². The largest absolute Gasteiger partial charge is 0.497 e. The third kappa shape index (κ3) is 4.54. The molecule has 2 saturated heterocycles. The lowest BCUT2D eigenvalue weighted by molar-refractivity contribution is 0.0326. The zero-order chi connectivity index (χ0) is 24.5. The number of aromatic amines is 1. The molecule has 1 aliphatic carbocycles. The van der Waals surface area contributed by atoms with Crippen molar-refractivity contribution in [1.82, 2.24) is 30.1 Å². The maximum absolute atomic E-state index is 13.6. The molecule has 1 aromatic carbocycles. The maximum Gasteiger partial charge on any atom is 0.253 e. The van der Waals surface area contributed by atoms with Crippen molar-refractivity contribution in [2.24, 2.45) is 5.41 Å². The Kier molecular flexibility index (Phi) is 6.52. The number of hydrogen-bond donors (Lipinski definition) is 1. The fraction of sp³-hybridized carbons (Fsp3) is 0.630. The monoisotopic (exact) mass is 492 g/mol. The highest BCUT2D eigenvalue weighted by molar-refractivity contribution is 5.80. The fourth-order valence-corrected chi connectivity index (χ4v) is 6.72. The Hall–Kier alpha value is -2.78. The van der Waals surface area contributed by atoms with E-state index in [9.17, 15) is 4.79 Å². The number of ether oxygens (including phenoxy) is 2. The molecular formula is C27H36N6O3. The molecule has 192 valence electrons. The summed E-state index contributed by atoms with van der Waals surface area (Å²) in [6.07, 6.45) is 11.1. The first-order valence-electron chi connectivity index (χ1n) is 13.5. The summed E-state index contributed by atoms with van der Waals surface area (Å²) in [6, 6.07) is 7.51. The van der Waals surface area contributed by atoms with Crippen LogP contribution in [0.5, 0.6) is 5.75 Å². The first-order valence-corrected chi connectivity index (χ1v) is 13.5. The number of nitrogens with zero attached hydrogens (tertiary/aromatic N) is 5. The molecule has 9 heteroatoms. The van der Waals surface area contributed by atoms with Crippen molar-refractivity contribution in [3.8, 4) is 5.75 Å². The zero-order valence-corrected chi connectivity index (χ0v) is 21.1. The number of benzene rings is 1. The quantitative estimate of drug-likeness (QED) is 0.558. The summed E-state index contributed by atoms with van der Waals surface area (Å²) in [5.74, 6) is 1.45. The number of likely N-dealkylation sites (tertiary alicyclic amines) is 1. The molecule has 36 heavy (non-hydrogen) atoms. The van der Waals surface area contributed by atoms with Gasteiger partial charge >= 0.3 is 0 Å². The summed E-state index contributed by atoms with van der Waals surface area (Å²) in [5, 5.41) is 13.9. The molecule has 6 rings (SSSR count). The minimum Gasteiger partial charge on any atom is -0.497 e. The molecule has 0 amide bonds. The Balaban J connectivity index is 1.43. The van der Waals surface area contributed by atoms with Gasteiger partial charge in [-0.2, -0.15) is 0 Å². The van der Waals surface area contributed by atoms with E-state index in [1.54, 1.807) is 7.11 Å². The molecule has 4 heterocycles. The van der Waals surface area contributed by atoms with E-state index in [0.717, 1.165) is 61.4 Å². The second kappa shape index (κ2) is 9.94. The van der Waals surface area contributed by atoms with Gasteiger partial charge in [0.15, 0.2) is 5.82 Å². The average molecular weight is 493 g/mol. The van der Waals surface area contributed by atoms with Crippen LogP contribution in [0.1, 0.15) is 75.2 Å². The SMILES string of the molecule is COc1ccc2cc([C@@H](c3nnnn3C[C@@H]3CCCO3)N3CCCC4(CCCCC4)C3)c(=O)[nH]c2c1. The van der Waals surface area contributed by atoms with E-state index in [2.05, 4.69) is 25.4 Å². The summed E-state index contributed by atoms with van der Waals surface area (Å²) in [4.78, 5) is 19.2. The van der Waals surface area contributed by atoms with Gasteiger partial charge in [-0.1, -0.05) is 19.3 Å². The van der Waals surface area contributed by atoms with Crippen molar-refractivity contribution in [3.05, 3.63) is 46.0 Å². The fourth-order valence-electron chi connectivity index (χ4n) is 6.72. The number of pyridine rings is 1. The van der Waals surface area contributed by atoms with Gasteiger partial charge in [0.1, 0.15) is 11.8 Å². The highest BCUT2D eigenvalue weighted by Gasteiger charge is 2.41. The number of aromatic nitrogens is 5. The zero-order valence-electron chi connectivity index (χ0n) is 21.1. The van der Waals surface area contributed by atoms with Crippen molar-refractivity contribution in [1.29, 1.82) is 0 Å². The van der Waals surface area contributed by atoms with Crippen LogP contribution in [0.15, 0.2) is 29.1 Å². The van der Waals surface area contributed by atoms with Crippen LogP contribution < -0.4 is 10.3 Å². The van der Waals surface area contributed by atoms with Gasteiger partial charge in [-0.25, -0.2) is 4.68 Å². The highest BCUT2D eigenvalue weighted by atomic mass is 16.5. The van der Waals surface area contributed by atoms with Crippen LogP contribution in [0, 0.1) is 5.41 Å². The van der Waals surface area contributed by atoms with E-state index < -0.39 is 0 Å². The van der Waals surface area contributed by atoms with Crippen LogP contribution in [-0.2, 0) is 11.3 Å². The highest BCUT2D eigenvalue weighted by Crippen LogP contribution is 2.45. The van der Waals surface area contributed by atoms with E-state index in [4.69, 9.17) is 9.47 Å². The Morgan fingerprint density at radius 3 is 2.83 bits per heavy atom. The molecule has 1 N–H and O–H groups in total. The Morgan fingerprint density at radius 1 is 1.17 bits per heavy atom. The molecule has 0 radical (unpaired) electrons. The summed E-state index contributed by atoms with van der Waals surface area (Å²) in [7, 11) is 1.63. The average Bonchev–Trinajstić information content (AvgIpc) is 3.58. The van der Waals surface area contributed by atoms with E-state index in [0.29, 0.717) is 17.5 Å². The maximum atomic E-state index is 13.6. The smallest absolute Gasteiger partial charge is 0.253 e. The predicted octanol–water partition coefficient (Wildman–Crippen LogP) is 3.84. The van der Waals surface area contributed by atoms with Crippen molar-refractivity contribution < 1.29 is 9.47 Å². The number of nitrogens with one attached hydrogen (secondary N) is 1. The Bertz CT molecular complexity index is 1250. The summed E-state index contributed by atoms with van der Waals surface area (Å²) >= 11 is 0. The second-order valence-electron chi connectivity index (χ2n) is 10.9. The van der Waals surface area contributed by atoms with Gasteiger partial charge in [0.05, 0.1) is 25.3 Å². The minimum atomic E-state index is -0.309. The van der Waals surface area contributed by atoms with Crippen molar-refractivity contribution in [2.45, 2.75) is 76.5 Å². The molecule has 3 fully saturated rings. The van der Waals surface area contributed by atoms with Gasteiger partial charge in [0.25, 0.3) is 5.56 Å². The standard InChI is InChI=1S/C27H36N6O3/c1-35-20-9-8-19-15-22(26(34)28-23(19)16-20)24(25-29-30-31-33(25)17-21-7-5-14-36-21)32-13-6-12-27(18-32)10-3-2-4-11-27/h8-9,15-16,21,24H,2-7,10-14,17-18H2,1H3,(H,28,34)/t21-,24-/m0/s1. The molecule has 2 atom stereocenters. The molecule has 0 unspecified atom stereocenters. The number of methoxy groups -OCH3 is 1. The molecule has 2 aromatic heterocycles. The number of hydrogen-bond acceptors (Lipinski definition) is 7. The number of piperidine rings is 1. The van der Waals surface area contributed by atoms with Crippen molar-refractivity contribution >= 4 is 10.9 Å². The van der Waals surface area contributed by atoms with Gasteiger partial charge in [-0.3, -0.25) is 9.69 Å². The summed E-state index contributed by atoms with van der Waals surface area (Å²) < 4.78 is 13.1. The normalized spacial score (nSPS) is 23.3. The number of H-pyrrole nitrogens is 1. The minimum absolute atomic E-state index is 0.101. The van der Waals surface area contributed by atoms with Gasteiger partial charge in [-0.15, -0.1) is 5.10 Å². The van der Waals surface area contributed by atoms with Crippen molar-refractivity contribution in [3.63, 3.8) is 0 Å². The molecule has 1 spiro atoms. The number of rotatable bonds is 6. The van der Waals surface area contributed by atoms with Crippen LogP contribution in [0.4, 0.5) is 0 Å². The topological polar surface area (TPSA) is 98.2 Å². The molecule has 1 saturated carbocycles. The summed E-state index contributed by atoms with van der Waals surface area (Å²) in [6.45, 7) is 3.30. The van der Waals surface area contributed by atoms with E-state index in [-0.39, 0.29) is 17.7 Å². The molecule has 9 nitrogen and oxygen atoms in total. The van der Waals surface area contributed by atoms with Crippen LogP contribution >= 0.6 is 0 Å². The Labute approximate surface area is 211 Å². The van der Waals surface area contributed by atoms with Gasteiger partial charge in [0, 0.05) is 24.8 Å². The molecule has 3 aliphatic rings. The van der Waals surface area contributed by atoms with Crippen LogP contribution in [0.3, 0.4) is 0 Å². The Morgan fingerprint density at radius 2 is 2.03 bits per heavy atom. The second-order valence-corrected chi connectivity index (χ2v) is 10.9. The third-order valence-corrected chi connectivity index (χ3v) is 8.55.